The van der Waals surface area contributed by atoms with Crippen molar-refractivity contribution in [3.63, 3.8) is 0 Å². The fraction of sp³-hybridized carbons (Fsp3) is 0.917. The lowest BCUT2D eigenvalue weighted by molar-refractivity contribution is -0.296. The van der Waals surface area contributed by atoms with Gasteiger partial charge in [0, 0.05) is 6.61 Å². The molecule has 8 heteroatoms. The van der Waals surface area contributed by atoms with Crippen molar-refractivity contribution in [2.75, 3.05) is 19.8 Å². The third-order valence-corrected chi connectivity index (χ3v) is 2.68. The van der Waals surface area contributed by atoms with E-state index >= 15 is 0 Å². The second-order valence-electron chi connectivity index (χ2n) is 4.73. The lowest BCUT2D eigenvalue weighted by Crippen LogP contribution is -2.42. The van der Waals surface area contributed by atoms with Crippen molar-refractivity contribution in [1.29, 1.82) is 5.26 Å². The highest BCUT2D eigenvalue weighted by Crippen LogP contribution is 2.35. The molecule has 0 radical (unpaired) electrons. The number of nitrogens with one attached hydrogen (secondary N) is 1. The van der Waals surface area contributed by atoms with Crippen LogP contribution in [-0.4, -0.2) is 37.4 Å². The summed E-state index contributed by atoms with van der Waals surface area (Å²) in [5, 5.41) is 12.0. The van der Waals surface area contributed by atoms with Gasteiger partial charge in [-0.25, -0.2) is 0 Å². The number of nitrogens with zero attached hydrogens (tertiary/aromatic N) is 1. The van der Waals surface area contributed by atoms with E-state index in [0.717, 1.165) is 6.42 Å². The summed E-state index contributed by atoms with van der Waals surface area (Å²) in [4.78, 5) is 0. The highest BCUT2D eigenvalue weighted by atomic mass is 19.4. The molecule has 0 saturated carbocycles. The van der Waals surface area contributed by atoms with Gasteiger partial charge in [-0.1, -0.05) is 6.92 Å². The van der Waals surface area contributed by atoms with Gasteiger partial charge in [0.05, 0.1) is 6.07 Å². The summed E-state index contributed by atoms with van der Waals surface area (Å²) < 4.78 is 64.9. The molecule has 0 spiro atoms. The predicted octanol–water partition coefficient (Wildman–Crippen LogP) is 3.26. The van der Waals surface area contributed by atoms with Crippen LogP contribution in [0.4, 0.5) is 22.0 Å². The highest BCUT2D eigenvalue weighted by molar-refractivity contribution is 5.03. The van der Waals surface area contributed by atoms with Crippen LogP contribution in [0.3, 0.4) is 0 Å². The summed E-state index contributed by atoms with van der Waals surface area (Å²) in [6.45, 7) is 2.25. The van der Waals surface area contributed by atoms with Gasteiger partial charge in [0.1, 0.15) is 12.1 Å². The average molecular weight is 302 g/mol. The van der Waals surface area contributed by atoms with Gasteiger partial charge in [0.15, 0.2) is 0 Å². The van der Waals surface area contributed by atoms with Crippen LogP contribution < -0.4 is 5.32 Å². The Balaban J connectivity index is 4.00. The number of alkyl halides is 5. The molecule has 0 aromatic carbocycles. The second kappa shape index (κ2) is 7.74. The molecule has 0 amide bonds. The highest BCUT2D eigenvalue weighted by Gasteiger charge is 2.57. The minimum Gasteiger partial charge on any atom is -0.375 e. The van der Waals surface area contributed by atoms with E-state index in [-0.39, 0.29) is 13.0 Å². The van der Waals surface area contributed by atoms with Gasteiger partial charge in [-0.3, -0.25) is 5.32 Å². The van der Waals surface area contributed by atoms with Crippen molar-refractivity contribution in [2.45, 2.75) is 50.7 Å². The van der Waals surface area contributed by atoms with Crippen molar-refractivity contribution in [2.24, 2.45) is 0 Å². The number of nitriles is 1. The molecular weight excluding hydrogens is 283 g/mol. The molecule has 1 atom stereocenters. The zero-order valence-corrected chi connectivity index (χ0v) is 11.5. The van der Waals surface area contributed by atoms with Gasteiger partial charge in [0.2, 0.25) is 0 Å². The first kappa shape index (κ1) is 19.1. The predicted molar refractivity (Wildman–Crippen MR) is 63.4 cm³/mol. The second-order valence-corrected chi connectivity index (χ2v) is 4.73. The lowest BCUT2D eigenvalue weighted by Gasteiger charge is -2.23. The first-order chi connectivity index (χ1) is 9.08. The van der Waals surface area contributed by atoms with Gasteiger partial charge in [-0.05, 0) is 32.7 Å². The van der Waals surface area contributed by atoms with E-state index < -0.39 is 24.2 Å². The molecule has 0 aliphatic heterocycles. The fourth-order valence-electron chi connectivity index (χ4n) is 1.39. The third kappa shape index (κ3) is 6.48. The average Bonchev–Trinajstić information content (AvgIpc) is 2.34. The molecule has 0 heterocycles. The van der Waals surface area contributed by atoms with Crippen LogP contribution in [0.2, 0.25) is 0 Å². The van der Waals surface area contributed by atoms with Crippen molar-refractivity contribution in [3.8, 4) is 6.07 Å². The Bertz CT molecular complexity index is 327. The Morgan fingerprint density at radius 3 is 2.25 bits per heavy atom. The maximum absolute atomic E-state index is 12.5. The quantitative estimate of drug-likeness (QED) is 0.525. The van der Waals surface area contributed by atoms with E-state index in [4.69, 9.17) is 5.26 Å². The summed E-state index contributed by atoms with van der Waals surface area (Å²) in [6, 6.07) is 2.05. The smallest absolute Gasteiger partial charge is 0.375 e. The van der Waals surface area contributed by atoms with Crippen molar-refractivity contribution < 1.29 is 26.7 Å². The molecule has 1 unspecified atom stereocenters. The summed E-state index contributed by atoms with van der Waals surface area (Å²) in [5.41, 5.74) is -0.827. The van der Waals surface area contributed by atoms with Gasteiger partial charge in [0.25, 0.3) is 0 Å². The molecule has 0 rings (SSSR count). The zero-order valence-electron chi connectivity index (χ0n) is 11.5. The number of halogens is 5. The molecule has 1 N–H and O–H groups in total. The molecule has 0 saturated heterocycles. The topological polar surface area (TPSA) is 45.0 Å². The van der Waals surface area contributed by atoms with Crippen LogP contribution in [0, 0.1) is 11.3 Å². The summed E-state index contributed by atoms with van der Waals surface area (Å²) in [7, 11) is 0. The van der Waals surface area contributed by atoms with Gasteiger partial charge >= 0.3 is 12.1 Å². The van der Waals surface area contributed by atoms with E-state index in [9.17, 15) is 22.0 Å². The number of hydrogen-bond acceptors (Lipinski definition) is 3. The first-order valence-corrected chi connectivity index (χ1v) is 6.26. The number of hydrogen-bond donors (Lipinski definition) is 1. The molecule has 0 aromatic rings. The Morgan fingerprint density at radius 1 is 1.20 bits per heavy atom. The van der Waals surface area contributed by atoms with Crippen molar-refractivity contribution in [1.82, 2.24) is 5.32 Å². The van der Waals surface area contributed by atoms with E-state index in [2.05, 4.69) is 10.1 Å². The Labute approximate surface area is 115 Å². The van der Waals surface area contributed by atoms with Gasteiger partial charge in [-0.2, -0.15) is 27.2 Å². The molecule has 3 nitrogen and oxygen atoms in total. The minimum atomic E-state index is -5.60. The van der Waals surface area contributed by atoms with Crippen LogP contribution in [0.5, 0.6) is 0 Å². The van der Waals surface area contributed by atoms with Crippen LogP contribution in [0.1, 0.15) is 33.1 Å². The Kier molecular flexibility index (Phi) is 7.38. The Morgan fingerprint density at radius 2 is 1.80 bits per heavy atom. The fourth-order valence-corrected chi connectivity index (χ4v) is 1.39. The molecule has 0 aliphatic carbocycles. The van der Waals surface area contributed by atoms with Gasteiger partial charge in [-0.15, -0.1) is 0 Å². The molecule has 0 aromatic heterocycles. The number of rotatable bonds is 9. The molecule has 0 bridgehead atoms. The normalized spacial score (nSPS) is 15.7. The maximum atomic E-state index is 12.5. The number of ether oxygens (including phenoxy) is 1. The van der Waals surface area contributed by atoms with Gasteiger partial charge < -0.3 is 4.74 Å². The van der Waals surface area contributed by atoms with Crippen molar-refractivity contribution >= 4 is 0 Å². The molecule has 118 valence electrons. The first-order valence-electron chi connectivity index (χ1n) is 6.26. The van der Waals surface area contributed by atoms with Crippen LogP contribution in [0.15, 0.2) is 0 Å². The molecule has 20 heavy (non-hydrogen) atoms. The summed E-state index contributed by atoms with van der Waals surface area (Å²) >= 11 is 0. The Hall–Kier alpha value is -0.940. The monoisotopic (exact) mass is 302 g/mol. The van der Waals surface area contributed by atoms with E-state index in [1.165, 1.54) is 0 Å². The van der Waals surface area contributed by atoms with Crippen LogP contribution in [0.25, 0.3) is 0 Å². The van der Waals surface area contributed by atoms with E-state index in [0.29, 0.717) is 13.0 Å². The SMILES string of the molecule is CCCNC(C)(C#N)CCCOCC(F)(F)C(F)(F)F. The van der Waals surface area contributed by atoms with Crippen LogP contribution >= 0.6 is 0 Å². The summed E-state index contributed by atoms with van der Waals surface area (Å²) in [6.07, 6.45) is -4.25. The molecule has 0 fully saturated rings. The summed E-state index contributed by atoms with van der Waals surface area (Å²) in [5.74, 6) is -4.84. The molecule has 0 aliphatic rings. The van der Waals surface area contributed by atoms with Crippen LogP contribution in [-0.2, 0) is 4.74 Å². The standard InChI is InChI=1S/C12H19F5N2O/c1-3-6-19-10(2,8-18)5-4-7-20-9-11(13,14)12(15,16)17/h19H,3-7,9H2,1-2H3. The minimum absolute atomic E-state index is 0.217. The largest absolute Gasteiger partial charge is 0.455 e. The maximum Gasteiger partial charge on any atom is 0.455 e. The third-order valence-electron chi connectivity index (χ3n) is 2.68. The van der Waals surface area contributed by atoms with Crippen molar-refractivity contribution in [3.05, 3.63) is 0 Å². The lowest BCUT2D eigenvalue weighted by atomic mass is 9.98. The zero-order chi connectivity index (χ0) is 15.9. The molecular formula is C12H19F5N2O. The van der Waals surface area contributed by atoms with E-state index in [1.54, 1.807) is 6.92 Å². The van der Waals surface area contributed by atoms with E-state index in [1.807, 2.05) is 13.0 Å².